The second kappa shape index (κ2) is 5.30. The Kier molecular flexibility index (Phi) is 3.71. The van der Waals surface area contributed by atoms with Gasteiger partial charge in [0.2, 0.25) is 0 Å². The molecule has 0 radical (unpaired) electrons. The molecular weight excluding hydrogens is 280 g/mol. The number of anilines is 1. The Hall–Kier alpha value is -2.41. The maximum atomic E-state index is 12.1. The molecule has 2 N–H and O–H groups in total. The van der Waals surface area contributed by atoms with Crippen LogP contribution in [0.2, 0.25) is 0 Å². The monoisotopic (exact) mass is 292 g/mol. The molecule has 0 unspecified atom stereocenters. The van der Waals surface area contributed by atoms with Crippen LogP contribution in [0.15, 0.2) is 47.6 Å². The molecule has 1 aromatic carbocycles. The van der Waals surface area contributed by atoms with E-state index >= 15 is 0 Å². The molecular formula is C13H12N2O4S. The number of aryl methyl sites for hydroxylation is 1. The van der Waals surface area contributed by atoms with Crippen molar-refractivity contribution in [3.63, 3.8) is 0 Å². The fourth-order valence-corrected chi connectivity index (χ4v) is 2.68. The van der Waals surface area contributed by atoms with Crippen molar-refractivity contribution in [2.75, 3.05) is 4.72 Å². The molecule has 7 heteroatoms. The van der Waals surface area contributed by atoms with E-state index in [2.05, 4.69) is 9.71 Å². The summed E-state index contributed by atoms with van der Waals surface area (Å²) in [5.74, 6) is -1.20. The summed E-state index contributed by atoms with van der Waals surface area (Å²) in [6.45, 7) is 1.73. The largest absolute Gasteiger partial charge is 0.478 e. The van der Waals surface area contributed by atoms with Gasteiger partial charge in [-0.15, -0.1) is 0 Å². The van der Waals surface area contributed by atoms with E-state index in [4.69, 9.17) is 5.11 Å². The van der Waals surface area contributed by atoms with E-state index in [1.165, 1.54) is 36.7 Å². The fraction of sp³-hybridized carbons (Fsp3) is 0.0769. The van der Waals surface area contributed by atoms with Crippen molar-refractivity contribution in [1.82, 2.24) is 4.98 Å². The Balaban J connectivity index is 2.43. The minimum absolute atomic E-state index is 0.0203. The van der Waals surface area contributed by atoms with Crippen LogP contribution in [0.4, 0.5) is 5.69 Å². The minimum Gasteiger partial charge on any atom is -0.478 e. The van der Waals surface area contributed by atoms with E-state index in [1.807, 2.05) is 0 Å². The van der Waals surface area contributed by atoms with Gasteiger partial charge in [-0.2, -0.15) is 0 Å². The highest BCUT2D eigenvalue weighted by molar-refractivity contribution is 7.92. The second-order valence-electron chi connectivity index (χ2n) is 4.15. The van der Waals surface area contributed by atoms with E-state index in [0.29, 0.717) is 0 Å². The van der Waals surface area contributed by atoms with Crippen LogP contribution in [-0.4, -0.2) is 24.5 Å². The number of carbonyl (C=O) groups is 1. The lowest BCUT2D eigenvalue weighted by Gasteiger charge is -2.10. The zero-order valence-electron chi connectivity index (χ0n) is 10.6. The van der Waals surface area contributed by atoms with Gasteiger partial charge in [0.05, 0.1) is 11.3 Å². The van der Waals surface area contributed by atoms with Crippen LogP contribution in [-0.2, 0) is 10.0 Å². The van der Waals surface area contributed by atoms with E-state index in [-0.39, 0.29) is 16.1 Å². The standard InChI is InChI=1S/C13H12N2O4S/c1-9-4-5-12(11(7-9)13(16)17)15-20(18,19)10-3-2-6-14-8-10/h2-8,15H,1H3,(H,16,17). The van der Waals surface area contributed by atoms with Crippen molar-refractivity contribution in [2.45, 2.75) is 11.8 Å². The van der Waals surface area contributed by atoms with E-state index in [9.17, 15) is 13.2 Å². The van der Waals surface area contributed by atoms with Crippen molar-refractivity contribution in [1.29, 1.82) is 0 Å². The van der Waals surface area contributed by atoms with Crippen molar-refractivity contribution in [2.24, 2.45) is 0 Å². The Morgan fingerprint density at radius 2 is 2.05 bits per heavy atom. The molecule has 6 nitrogen and oxygen atoms in total. The minimum atomic E-state index is -3.86. The fourth-order valence-electron chi connectivity index (χ4n) is 1.63. The van der Waals surface area contributed by atoms with E-state index < -0.39 is 16.0 Å². The number of pyridine rings is 1. The van der Waals surface area contributed by atoms with Crippen LogP contribution in [0.1, 0.15) is 15.9 Å². The lowest BCUT2D eigenvalue weighted by atomic mass is 10.1. The first-order valence-corrected chi connectivity index (χ1v) is 7.15. The predicted molar refractivity (Wildman–Crippen MR) is 73.2 cm³/mol. The van der Waals surface area contributed by atoms with Gasteiger partial charge in [-0.1, -0.05) is 11.6 Å². The molecule has 0 aliphatic carbocycles. The summed E-state index contributed by atoms with van der Waals surface area (Å²) in [7, 11) is -3.86. The van der Waals surface area contributed by atoms with Crippen LogP contribution in [0.5, 0.6) is 0 Å². The maximum absolute atomic E-state index is 12.1. The van der Waals surface area contributed by atoms with Gasteiger partial charge in [0, 0.05) is 12.4 Å². The van der Waals surface area contributed by atoms with Gasteiger partial charge < -0.3 is 5.11 Å². The smallest absolute Gasteiger partial charge is 0.337 e. The van der Waals surface area contributed by atoms with Crippen LogP contribution in [0, 0.1) is 6.92 Å². The van der Waals surface area contributed by atoms with Crippen LogP contribution >= 0.6 is 0 Å². The van der Waals surface area contributed by atoms with E-state index in [0.717, 1.165) is 5.56 Å². The molecule has 0 saturated carbocycles. The molecule has 104 valence electrons. The summed E-state index contributed by atoms with van der Waals surface area (Å²) in [5, 5.41) is 9.11. The first-order valence-electron chi connectivity index (χ1n) is 5.67. The molecule has 0 spiro atoms. The van der Waals surface area contributed by atoms with E-state index in [1.54, 1.807) is 13.0 Å². The van der Waals surface area contributed by atoms with Gasteiger partial charge in [-0.25, -0.2) is 13.2 Å². The van der Waals surface area contributed by atoms with Gasteiger partial charge in [0.15, 0.2) is 0 Å². The highest BCUT2D eigenvalue weighted by Gasteiger charge is 2.18. The second-order valence-corrected chi connectivity index (χ2v) is 5.83. The number of rotatable bonds is 4. The highest BCUT2D eigenvalue weighted by Crippen LogP contribution is 2.21. The Labute approximate surface area is 116 Å². The number of carboxylic acids is 1. The summed E-state index contributed by atoms with van der Waals surface area (Å²) >= 11 is 0. The Morgan fingerprint density at radius 3 is 2.65 bits per heavy atom. The molecule has 2 rings (SSSR count). The van der Waals surface area contributed by atoms with Crippen LogP contribution < -0.4 is 4.72 Å². The molecule has 1 aromatic heterocycles. The Morgan fingerprint density at radius 1 is 1.30 bits per heavy atom. The van der Waals surface area contributed by atoms with Crippen molar-refractivity contribution < 1.29 is 18.3 Å². The lowest BCUT2D eigenvalue weighted by molar-refractivity contribution is 0.0698. The average Bonchev–Trinajstić information content (AvgIpc) is 2.41. The normalized spacial score (nSPS) is 11.1. The van der Waals surface area contributed by atoms with Crippen molar-refractivity contribution in [3.05, 3.63) is 53.9 Å². The number of aromatic carboxylic acids is 1. The summed E-state index contributed by atoms with van der Waals surface area (Å²) in [6, 6.07) is 7.33. The maximum Gasteiger partial charge on any atom is 0.337 e. The molecule has 0 amide bonds. The Bertz CT molecular complexity index is 742. The number of hydrogen-bond donors (Lipinski definition) is 2. The SMILES string of the molecule is Cc1ccc(NS(=O)(=O)c2cccnc2)c(C(=O)O)c1. The first-order chi connectivity index (χ1) is 9.40. The molecule has 0 atom stereocenters. The highest BCUT2D eigenvalue weighted by atomic mass is 32.2. The van der Waals surface area contributed by atoms with Gasteiger partial charge >= 0.3 is 5.97 Å². The van der Waals surface area contributed by atoms with Crippen LogP contribution in [0.25, 0.3) is 0 Å². The molecule has 2 aromatic rings. The molecule has 0 bridgehead atoms. The molecule has 0 fully saturated rings. The number of nitrogens with one attached hydrogen (secondary N) is 1. The lowest BCUT2D eigenvalue weighted by Crippen LogP contribution is -2.15. The predicted octanol–water partition coefficient (Wildman–Crippen LogP) is 1.89. The number of nitrogens with zero attached hydrogens (tertiary/aromatic N) is 1. The number of hydrogen-bond acceptors (Lipinski definition) is 4. The third-order valence-corrected chi connectivity index (χ3v) is 3.95. The third kappa shape index (κ3) is 2.94. The number of carboxylic acid groups (broad SMARTS) is 1. The van der Waals surface area contributed by atoms with Crippen molar-refractivity contribution in [3.8, 4) is 0 Å². The number of aromatic nitrogens is 1. The quantitative estimate of drug-likeness (QED) is 0.897. The summed E-state index contributed by atoms with van der Waals surface area (Å²) in [6.07, 6.45) is 2.64. The third-order valence-electron chi connectivity index (χ3n) is 2.59. The first kappa shape index (κ1) is 14.0. The summed E-state index contributed by atoms with van der Waals surface area (Å²) < 4.78 is 26.5. The van der Waals surface area contributed by atoms with Gasteiger partial charge in [-0.3, -0.25) is 9.71 Å². The topological polar surface area (TPSA) is 96.4 Å². The zero-order chi connectivity index (χ0) is 14.8. The number of benzene rings is 1. The summed E-state index contributed by atoms with van der Waals surface area (Å²) in [4.78, 5) is 14.8. The summed E-state index contributed by atoms with van der Waals surface area (Å²) in [5.41, 5.74) is 0.649. The molecule has 1 heterocycles. The van der Waals surface area contributed by atoms with Gasteiger partial charge in [-0.05, 0) is 31.2 Å². The van der Waals surface area contributed by atoms with Gasteiger partial charge in [0.25, 0.3) is 10.0 Å². The average molecular weight is 292 g/mol. The van der Waals surface area contributed by atoms with Crippen LogP contribution in [0.3, 0.4) is 0 Å². The number of sulfonamides is 1. The molecule has 20 heavy (non-hydrogen) atoms. The van der Waals surface area contributed by atoms with Crippen molar-refractivity contribution >= 4 is 21.7 Å². The molecule has 0 aliphatic rings. The molecule has 0 saturated heterocycles. The molecule has 0 aliphatic heterocycles. The van der Waals surface area contributed by atoms with Gasteiger partial charge in [0.1, 0.15) is 4.90 Å². The zero-order valence-corrected chi connectivity index (χ0v) is 11.4.